The summed E-state index contributed by atoms with van der Waals surface area (Å²) in [5.74, 6) is -0.634. The predicted octanol–water partition coefficient (Wildman–Crippen LogP) is 2.32. The number of hydroxylamine groups is 1. The summed E-state index contributed by atoms with van der Waals surface area (Å²) in [7, 11) is -2.19. The van der Waals surface area contributed by atoms with Crippen LogP contribution >= 0.6 is 11.6 Å². The number of amides is 2. The van der Waals surface area contributed by atoms with Crippen molar-refractivity contribution in [3.63, 3.8) is 0 Å². The number of nitrogens with zero attached hydrogens (tertiary/aromatic N) is 2. The quantitative estimate of drug-likeness (QED) is 0.371. The summed E-state index contributed by atoms with van der Waals surface area (Å²) in [6.45, 7) is 4.27. The first-order valence-electron chi connectivity index (χ1n) is 11.8. The highest BCUT2D eigenvalue weighted by Gasteiger charge is 2.66. The lowest BCUT2D eigenvalue weighted by atomic mass is 10.1. The number of carbonyl (C=O) groups is 2. The molecule has 36 heavy (non-hydrogen) atoms. The van der Waals surface area contributed by atoms with Gasteiger partial charge < -0.3 is 9.57 Å². The molecular formula is C24H27ClN4O6S. The van der Waals surface area contributed by atoms with Gasteiger partial charge in [0.05, 0.1) is 30.0 Å². The minimum absolute atomic E-state index is 0.143. The molecule has 10 nitrogen and oxygen atoms in total. The Labute approximate surface area is 214 Å². The van der Waals surface area contributed by atoms with Crippen LogP contribution < -0.4 is 19.8 Å². The van der Waals surface area contributed by atoms with E-state index in [-0.39, 0.29) is 11.8 Å². The van der Waals surface area contributed by atoms with Gasteiger partial charge in [0.15, 0.2) is 0 Å². The van der Waals surface area contributed by atoms with Crippen molar-refractivity contribution in [2.75, 3.05) is 13.7 Å². The van der Waals surface area contributed by atoms with E-state index in [9.17, 15) is 18.0 Å². The molecule has 2 heterocycles. The third-order valence-corrected chi connectivity index (χ3v) is 9.23. The lowest BCUT2D eigenvalue weighted by Crippen LogP contribution is -2.57. The summed E-state index contributed by atoms with van der Waals surface area (Å²) >= 11 is 6.15. The first-order chi connectivity index (χ1) is 17.2. The van der Waals surface area contributed by atoms with Crippen LogP contribution in [0.1, 0.15) is 32.1 Å². The van der Waals surface area contributed by atoms with Crippen molar-refractivity contribution in [3.8, 4) is 11.6 Å². The molecule has 0 radical (unpaired) electrons. The van der Waals surface area contributed by atoms with Gasteiger partial charge in [0.1, 0.15) is 11.3 Å². The molecule has 1 aromatic heterocycles. The maximum atomic E-state index is 13.2. The molecule has 2 aromatic rings. The van der Waals surface area contributed by atoms with E-state index in [1.165, 1.54) is 13.3 Å². The largest absolute Gasteiger partial charge is 0.494 e. The van der Waals surface area contributed by atoms with Crippen LogP contribution in [0.3, 0.4) is 0 Å². The van der Waals surface area contributed by atoms with Crippen molar-refractivity contribution < 1.29 is 27.6 Å². The number of methoxy groups -OCH3 is 1. The molecule has 2 N–H and O–H groups in total. The molecule has 0 unspecified atom stereocenters. The molecule has 3 atom stereocenters. The van der Waals surface area contributed by atoms with Crippen LogP contribution in [0.4, 0.5) is 0 Å². The van der Waals surface area contributed by atoms with Gasteiger partial charge in [-0.2, -0.15) is 5.48 Å². The number of likely N-dealkylation sites (tertiary alicyclic amines) is 1. The minimum Gasteiger partial charge on any atom is -0.494 e. The minimum atomic E-state index is -3.72. The fraction of sp³-hybridized carbons (Fsp3) is 0.458. The van der Waals surface area contributed by atoms with Gasteiger partial charge in [-0.05, 0) is 50.3 Å². The first kappa shape index (κ1) is 24.8. The maximum absolute atomic E-state index is 13.2. The molecule has 1 aliphatic heterocycles. The summed E-state index contributed by atoms with van der Waals surface area (Å²) in [6, 6.07) is 4.46. The Morgan fingerprint density at radius 1 is 1.28 bits per heavy atom. The Balaban J connectivity index is 1.34. The monoisotopic (exact) mass is 534 g/mol. The van der Waals surface area contributed by atoms with Gasteiger partial charge in [-0.1, -0.05) is 17.7 Å². The standard InChI is InChI=1S/C24H27ClN4O6S/c1-3-14-12-24(14,23(31)28-36(32,33)16-7-8-16)29-10-4-5-19(29)21(30)27-35-22-18-11-15(25)6-9-17(18)20(34-2)13-26-22/h3,6,9,11,13-14,16,19H,1,4-5,7-8,10,12H2,2H3,(H,27,30)(H,28,31)/t14-,19+,24-/m1/s1. The van der Waals surface area contributed by atoms with Gasteiger partial charge in [-0.25, -0.2) is 13.4 Å². The second kappa shape index (κ2) is 9.20. The Hall–Kier alpha value is -2.89. The highest BCUT2D eigenvalue weighted by atomic mass is 35.5. The van der Waals surface area contributed by atoms with Crippen molar-refractivity contribution in [1.29, 1.82) is 0 Å². The molecule has 2 saturated carbocycles. The van der Waals surface area contributed by atoms with E-state index in [0.717, 1.165) is 0 Å². The number of pyridine rings is 1. The van der Waals surface area contributed by atoms with E-state index < -0.39 is 38.7 Å². The smallest absolute Gasteiger partial charge is 0.270 e. The van der Waals surface area contributed by atoms with E-state index in [2.05, 4.69) is 21.8 Å². The molecule has 2 amide bonds. The zero-order valence-electron chi connectivity index (χ0n) is 19.7. The van der Waals surface area contributed by atoms with Crippen molar-refractivity contribution in [2.24, 2.45) is 5.92 Å². The Morgan fingerprint density at radius 3 is 2.72 bits per heavy atom. The average molecular weight is 535 g/mol. The number of hydrogen-bond acceptors (Lipinski definition) is 8. The SMILES string of the molecule is C=C[C@@H]1C[C@@]1(C(=O)NS(=O)(=O)C1CC1)N1CCC[C@H]1C(=O)NOc1ncc(OC)c2ccc(Cl)cc12. The van der Waals surface area contributed by atoms with E-state index in [1.807, 2.05) is 0 Å². The number of ether oxygens (including phenoxy) is 1. The first-order valence-corrected chi connectivity index (χ1v) is 13.7. The fourth-order valence-corrected chi connectivity index (χ4v) is 6.58. The van der Waals surface area contributed by atoms with Crippen molar-refractivity contribution >= 4 is 44.2 Å². The molecule has 0 bridgehead atoms. The summed E-state index contributed by atoms with van der Waals surface area (Å²) < 4.78 is 32.5. The number of aromatic nitrogens is 1. The number of carbonyl (C=O) groups excluding carboxylic acids is 2. The van der Waals surface area contributed by atoms with Crippen LogP contribution in [0.2, 0.25) is 5.02 Å². The summed E-state index contributed by atoms with van der Waals surface area (Å²) in [5.41, 5.74) is 1.34. The molecule has 12 heteroatoms. The molecule has 3 aliphatic rings. The Morgan fingerprint density at radius 2 is 2.06 bits per heavy atom. The number of rotatable bonds is 9. The summed E-state index contributed by atoms with van der Waals surface area (Å²) in [6.07, 6.45) is 5.79. The Kier molecular flexibility index (Phi) is 6.34. The van der Waals surface area contributed by atoms with Crippen LogP contribution in [0.15, 0.2) is 37.1 Å². The molecule has 3 fully saturated rings. The number of nitrogens with one attached hydrogen (secondary N) is 2. The summed E-state index contributed by atoms with van der Waals surface area (Å²) in [4.78, 5) is 38.1. The molecule has 0 spiro atoms. The maximum Gasteiger partial charge on any atom is 0.270 e. The average Bonchev–Trinajstić information content (AvgIpc) is 3.78. The van der Waals surface area contributed by atoms with E-state index in [4.69, 9.17) is 21.2 Å². The van der Waals surface area contributed by atoms with Crippen LogP contribution in [-0.2, 0) is 19.6 Å². The topological polar surface area (TPSA) is 127 Å². The summed E-state index contributed by atoms with van der Waals surface area (Å²) in [5, 5.41) is 1.21. The molecule has 5 rings (SSSR count). The van der Waals surface area contributed by atoms with Crippen molar-refractivity contribution in [3.05, 3.63) is 42.1 Å². The molecule has 1 saturated heterocycles. The van der Waals surface area contributed by atoms with Crippen LogP contribution in [-0.4, -0.2) is 60.6 Å². The number of halogens is 1. The van der Waals surface area contributed by atoms with Gasteiger partial charge in [0, 0.05) is 22.9 Å². The van der Waals surface area contributed by atoms with E-state index in [1.54, 1.807) is 29.2 Å². The fourth-order valence-electron chi connectivity index (χ4n) is 5.05. The van der Waals surface area contributed by atoms with Gasteiger partial charge in [0.2, 0.25) is 10.0 Å². The van der Waals surface area contributed by atoms with Crippen LogP contribution in [0, 0.1) is 5.92 Å². The second-order valence-corrected chi connectivity index (χ2v) is 11.8. The van der Waals surface area contributed by atoms with Crippen LogP contribution in [0.25, 0.3) is 10.8 Å². The molecular weight excluding hydrogens is 508 g/mol. The Bertz CT molecular complexity index is 1350. The third kappa shape index (κ3) is 4.29. The molecule has 192 valence electrons. The van der Waals surface area contributed by atoms with E-state index in [0.29, 0.717) is 60.2 Å². The number of sulfonamides is 1. The molecule has 1 aromatic carbocycles. The van der Waals surface area contributed by atoms with Gasteiger partial charge in [-0.15, -0.1) is 6.58 Å². The zero-order valence-corrected chi connectivity index (χ0v) is 21.3. The van der Waals surface area contributed by atoms with Crippen molar-refractivity contribution in [1.82, 2.24) is 20.1 Å². The number of fused-ring (bicyclic) bond motifs is 1. The van der Waals surface area contributed by atoms with Gasteiger partial charge in [0.25, 0.3) is 17.7 Å². The van der Waals surface area contributed by atoms with Crippen LogP contribution in [0.5, 0.6) is 11.6 Å². The zero-order chi connectivity index (χ0) is 25.7. The number of hydrogen-bond donors (Lipinski definition) is 2. The highest BCUT2D eigenvalue weighted by molar-refractivity contribution is 7.91. The van der Waals surface area contributed by atoms with E-state index >= 15 is 0 Å². The third-order valence-electron chi connectivity index (χ3n) is 7.17. The lowest BCUT2D eigenvalue weighted by Gasteiger charge is -2.32. The van der Waals surface area contributed by atoms with Gasteiger partial charge >= 0.3 is 0 Å². The number of benzene rings is 1. The van der Waals surface area contributed by atoms with Crippen molar-refractivity contribution in [2.45, 2.75) is 48.9 Å². The predicted molar refractivity (Wildman–Crippen MR) is 133 cm³/mol. The lowest BCUT2D eigenvalue weighted by molar-refractivity contribution is -0.136. The van der Waals surface area contributed by atoms with Gasteiger partial charge in [-0.3, -0.25) is 19.2 Å². The molecule has 2 aliphatic carbocycles. The second-order valence-electron chi connectivity index (χ2n) is 9.39. The highest BCUT2D eigenvalue weighted by Crippen LogP contribution is 2.52. The normalized spacial score (nSPS) is 25.8.